The minimum Gasteiger partial charge on any atom is -0.444 e. The molecule has 1 atom stereocenters. The summed E-state index contributed by atoms with van der Waals surface area (Å²) in [6.07, 6.45) is 2.80. The first-order valence-corrected chi connectivity index (χ1v) is 10.7. The second-order valence-electron chi connectivity index (χ2n) is 8.43. The molecule has 0 radical (unpaired) electrons. The summed E-state index contributed by atoms with van der Waals surface area (Å²) in [4.78, 5) is 23.0. The molecule has 1 aliphatic heterocycles. The molecule has 1 saturated heterocycles. The predicted octanol–water partition coefficient (Wildman–Crippen LogP) is 6.06. The average Bonchev–Trinajstić information content (AvgIpc) is 3.26. The van der Waals surface area contributed by atoms with E-state index in [1.54, 1.807) is 11.3 Å². The summed E-state index contributed by atoms with van der Waals surface area (Å²) in [5.74, 6) is 0. The molecule has 1 amide bonds. The Hall–Kier alpha value is -2.34. The molecule has 3 aromatic rings. The molecule has 0 bridgehead atoms. The molecule has 2 aromatic heterocycles. The normalized spacial score (nSPS) is 17.9. The van der Waals surface area contributed by atoms with Crippen molar-refractivity contribution in [2.75, 3.05) is 6.54 Å². The monoisotopic (exact) mass is 397 g/mol. The lowest BCUT2D eigenvalue weighted by atomic mass is 10.0. The van der Waals surface area contributed by atoms with Crippen LogP contribution in [-0.4, -0.2) is 33.1 Å². The molecule has 0 spiro atoms. The van der Waals surface area contributed by atoms with Crippen LogP contribution >= 0.6 is 11.3 Å². The number of nitrogens with zero attached hydrogens (tertiary/aromatic N) is 2. The van der Waals surface area contributed by atoms with Gasteiger partial charge in [0, 0.05) is 22.8 Å². The fraction of sp³-hybridized carbons (Fsp3) is 0.455. The van der Waals surface area contributed by atoms with Crippen molar-refractivity contribution in [2.45, 2.75) is 58.6 Å². The smallest absolute Gasteiger partial charge is 0.410 e. The number of aromatic amines is 1. The fourth-order valence-corrected chi connectivity index (χ4v) is 4.78. The number of carbonyl (C=O) groups excluding carboxylic acids is 1. The summed E-state index contributed by atoms with van der Waals surface area (Å²) in [5, 5.41) is 4.30. The summed E-state index contributed by atoms with van der Waals surface area (Å²) in [6.45, 7) is 8.57. The molecule has 0 aliphatic carbocycles. The number of para-hydroxylation sites is 1. The molecule has 1 N–H and O–H groups in total. The van der Waals surface area contributed by atoms with E-state index < -0.39 is 5.60 Å². The van der Waals surface area contributed by atoms with E-state index in [0.717, 1.165) is 47.7 Å². The van der Waals surface area contributed by atoms with Gasteiger partial charge in [0.15, 0.2) is 0 Å². The average molecular weight is 398 g/mol. The van der Waals surface area contributed by atoms with Gasteiger partial charge in [-0.05, 0) is 58.6 Å². The summed E-state index contributed by atoms with van der Waals surface area (Å²) in [5.41, 5.74) is 3.85. The number of nitrogens with one attached hydrogen (secondary N) is 1. The number of fused-ring (bicyclic) bond motifs is 1. The fourth-order valence-electron chi connectivity index (χ4n) is 3.82. The van der Waals surface area contributed by atoms with Gasteiger partial charge in [-0.2, -0.15) is 0 Å². The van der Waals surface area contributed by atoms with Crippen LogP contribution in [0.3, 0.4) is 0 Å². The zero-order valence-corrected chi connectivity index (χ0v) is 17.7. The van der Waals surface area contributed by atoms with Crippen LogP contribution in [0, 0.1) is 6.92 Å². The highest BCUT2D eigenvalue weighted by molar-refractivity contribution is 7.10. The molecule has 3 heterocycles. The number of rotatable bonds is 2. The molecule has 1 fully saturated rings. The maximum atomic E-state index is 12.7. The Balaban J connectivity index is 1.63. The number of piperidine rings is 1. The number of likely N-dealkylation sites (tertiary alicyclic amines) is 1. The van der Waals surface area contributed by atoms with Gasteiger partial charge in [-0.3, -0.25) is 4.90 Å². The SMILES string of the molecule is Cc1c(-c2csc([C@H]3CCCCN3C(=O)OC(C)(C)C)n2)[nH]c2ccccc12. The Bertz CT molecular complexity index is 999. The Morgan fingerprint density at radius 1 is 1.29 bits per heavy atom. The lowest BCUT2D eigenvalue weighted by molar-refractivity contribution is 0.00949. The number of ether oxygens (including phenoxy) is 1. The van der Waals surface area contributed by atoms with Crippen molar-refractivity contribution in [2.24, 2.45) is 0 Å². The summed E-state index contributed by atoms with van der Waals surface area (Å²) < 4.78 is 5.64. The number of aromatic nitrogens is 2. The van der Waals surface area contributed by atoms with Crippen molar-refractivity contribution in [1.29, 1.82) is 0 Å². The minimum absolute atomic E-state index is 0.00738. The number of carbonyl (C=O) groups is 1. The van der Waals surface area contributed by atoms with E-state index >= 15 is 0 Å². The first kappa shape index (κ1) is 19.0. The largest absolute Gasteiger partial charge is 0.444 e. The molecule has 4 rings (SSSR count). The highest BCUT2D eigenvalue weighted by Crippen LogP contribution is 2.37. The Labute approximate surface area is 169 Å². The molecule has 0 saturated carbocycles. The zero-order valence-electron chi connectivity index (χ0n) is 16.9. The van der Waals surface area contributed by atoms with Gasteiger partial charge >= 0.3 is 6.09 Å². The Morgan fingerprint density at radius 2 is 2.07 bits per heavy atom. The van der Waals surface area contributed by atoms with E-state index in [0.29, 0.717) is 0 Å². The van der Waals surface area contributed by atoms with E-state index in [4.69, 9.17) is 9.72 Å². The molecule has 6 heteroatoms. The molecule has 28 heavy (non-hydrogen) atoms. The van der Waals surface area contributed by atoms with Crippen molar-refractivity contribution >= 4 is 28.3 Å². The van der Waals surface area contributed by atoms with Crippen LogP contribution in [0.2, 0.25) is 0 Å². The number of thiazole rings is 1. The van der Waals surface area contributed by atoms with Crippen LogP contribution < -0.4 is 0 Å². The number of benzene rings is 1. The molecule has 148 valence electrons. The van der Waals surface area contributed by atoms with Crippen LogP contribution in [0.25, 0.3) is 22.3 Å². The van der Waals surface area contributed by atoms with Crippen molar-refractivity contribution in [3.63, 3.8) is 0 Å². The maximum absolute atomic E-state index is 12.7. The van der Waals surface area contributed by atoms with Crippen molar-refractivity contribution in [3.8, 4) is 11.4 Å². The molecule has 1 aromatic carbocycles. The maximum Gasteiger partial charge on any atom is 0.410 e. The van der Waals surface area contributed by atoms with E-state index in [-0.39, 0.29) is 12.1 Å². The standard InChI is InChI=1S/C22H27N3O2S/c1-14-15-9-5-6-10-16(15)23-19(14)17-13-28-20(24-17)18-11-7-8-12-25(18)21(26)27-22(2,3)4/h5-6,9-10,13,18,23H,7-8,11-12H2,1-4H3/t18-/m1/s1. The third kappa shape index (κ3) is 3.65. The molecular weight excluding hydrogens is 370 g/mol. The lowest BCUT2D eigenvalue weighted by Crippen LogP contribution is -2.41. The van der Waals surface area contributed by atoms with Crippen LogP contribution in [0.4, 0.5) is 4.79 Å². The highest BCUT2D eigenvalue weighted by atomic mass is 32.1. The summed E-state index contributed by atoms with van der Waals surface area (Å²) in [7, 11) is 0. The molecular formula is C22H27N3O2S. The number of aryl methyl sites for hydroxylation is 1. The first-order chi connectivity index (χ1) is 13.3. The number of amides is 1. The van der Waals surface area contributed by atoms with Crippen molar-refractivity contribution in [1.82, 2.24) is 14.9 Å². The molecule has 5 nitrogen and oxygen atoms in total. The van der Waals surface area contributed by atoms with Crippen molar-refractivity contribution in [3.05, 3.63) is 40.2 Å². The van der Waals surface area contributed by atoms with Gasteiger partial charge in [-0.25, -0.2) is 9.78 Å². The number of H-pyrrole nitrogens is 1. The van der Waals surface area contributed by atoms with E-state index in [1.165, 1.54) is 10.9 Å². The van der Waals surface area contributed by atoms with Crippen LogP contribution in [-0.2, 0) is 4.74 Å². The quantitative estimate of drug-likeness (QED) is 0.571. The number of hydrogen-bond acceptors (Lipinski definition) is 4. The first-order valence-electron chi connectivity index (χ1n) is 9.86. The minimum atomic E-state index is -0.491. The Kier molecular flexibility index (Phi) is 4.91. The van der Waals surface area contributed by atoms with Gasteiger partial charge in [0.05, 0.1) is 17.4 Å². The second kappa shape index (κ2) is 7.24. The van der Waals surface area contributed by atoms with Crippen LogP contribution in [0.1, 0.15) is 56.6 Å². The summed E-state index contributed by atoms with van der Waals surface area (Å²) in [6, 6.07) is 8.30. The number of hydrogen-bond donors (Lipinski definition) is 1. The predicted molar refractivity (Wildman–Crippen MR) is 114 cm³/mol. The van der Waals surface area contributed by atoms with Gasteiger partial charge in [0.2, 0.25) is 0 Å². The van der Waals surface area contributed by atoms with Gasteiger partial charge in [-0.1, -0.05) is 18.2 Å². The van der Waals surface area contributed by atoms with E-state index in [9.17, 15) is 4.79 Å². The van der Waals surface area contributed by atoms with Gasteiger partial charge in [0.25, 0.3) is 0 Å². The molecule has 1 aliphatic rings. The molecule has 0 unspecified atom stereocenters. The Morgan fingerprint density at radius 3 is 2.82 bits per heavy atom. The third-order valence-electron chi connectivity index (χ3n) is 5.16. The van der Waals surface area contributed by atoms with Gasteiger partial charge in [0.1, 0.15) is 10.6 Å². The lowest BCUT2D eigenvalue weighted by Gasteiger charge is -2.35. The van der Waals surface area contributed by atoms with Gasteiger partial charge in [-0.15, -0.1) is 11.3 Å². The van der Waals surface area contributed by atoms with Crippen molar-refractivity contribution < 1.29 is 9.53 Å². The van der Waals surface area contributed by atoms with Gasteiger partial charge < -0.3 is 9.72 Å². The third-order valence-corrected chi connectivity index (χ3v) is 6.11. The van der Waals surface area contributed by atoms with Crippen LogP contribution in [0.15, 0.2) is 29.6 Å². The summed E-state index contributed by atoms with van der Waals surface area (Å²) >= 11 is 1.63. The second-order valence-corrected chi connectivity index (χ2v) is 9.32. The van der Waals surface area contributed by atoms with E-state index in [1.807, 2.05) is 31.7 Å². The zero-order chi connectivity index (χ0) is 19.9. The highest BCUT2D eigenvalue weighted by Gasteiger charge is 2.33. The van der Waals surface area contributed by atoms with Crippen LogP contribution in [0.5, 0.6) is 0 Å². The van der Waals surface area contributed by atoms with E-state index in [2.05, 4.69) is 35.5 Å². The topological polar surface area (TPSA) is 58.2 Å².